The number of carbonyl (C=O) groups excluding carboxylic acids is 1. The van der Waals surface area contributed by atoms with Crippen molar-refractivity contribution < 1.29 is 32.2 Å². The van der Waals surface area contributed by atoms with Gasteiger partial charge in [-0.3, -0.25) is 4.79 Å². The summed E-state index contributed by atoms with van der Waals surface area (Å²) >= 11 is 0. The number of aliphatic hydroxyl groups is 1. The predicted octanol–water partition coefficient (Wildman–Crippen LogP) is 1.58. The molecule has 0 aliphatic carbocycles. The first-order chi connectivity index (χ1) is 9.36. The molecule has 0 aromatic heterocycles. The molecule has 0 atom stereocenters. The van der Waals surface area contributed by atoms with Crippen LogP contribution in [0.3, 0.4) is 0 Å². The van der Waals surface area contributed by atoms with Crippen LogP contribution >= 0.6 is 0 Å². The lowest BCUT2D eigenvalue weighted by molar-refractivity contribution is -0.137. The Balaban J connectivity index is 2.67. The molecule has 1 aromatic carbocycles. The fourth-order valence-corrected chi connectivity index (χ4v) is 1.37. The predicted molar refractivity (Wildman–Crippen MR) is 61.6 cm³/mol. The van der Waals surface area contributed by atoms with Gasteiger partial charge in [-0.2, -0.15) is 13.2 Å². The van der Waals surface area contributed by atoms with Gasteiger partial charge in [0.2, 0.25) is 0 Å². The summed E-state index contributed by atoms with van der Waals surface area (Å²) < 4.78 is 55.6. The Labute approximate surface area is 112 Å². The maximum atomic E-state index is 13.3. The van der Waals surface area contributed by atoms with E-state index in [1.54, 1.807) is 0 Å². The number of aliphatic hydroxyl groups excluding tert-OH is 1. The third-order valence-corrected chi connectivity index (χ3v) is 2.31. The normalized spacial score (nSPS) is 11.4. The number of hydrogen-bond acceptors (Lipinski definition) is 3. The molecule has 0 radical (unpaired) electrons. The molecule has 8 heteroatoms. The lowest BCUT2D eigenvalue weighted by Gasteiger charge is -2.10. The highest BCUT2D eigenvalue weighted by Gasteiger charge is 2.31. The van der Waals surface area contributed by atoms with Crippen molar-refractivity contribution in [1.82, 2.24) is 5.32 Å². The summed E-state index contributed by atoms with van der Waals surface area (Å²) in [4.78, 5) is 11.6. The van der Waals surface area contributed by atoms with Crippen LogP contribution < -0.4 is 5.32 Å². The number of hydrogen-bond donors (Lipinski definition) is 2. The molecule has 0 aliphatic rings. The topological polar surface area (TPSA) is 58.6 Å². The van der Waals surface area contributed by atoms with Crippen LogP contribution in [0.5, 0.6) is 0 Å². The summed E-state index contributed by atoms with van der Waals surface area (Å²) in [5, 5.41) is 10.7. The average molecular weight is 295 g/mol. The highest BCUT2D eigenvalue weighted by molar-refractivity contribution is 5.94. The van der Waals surface area contributed by atoms with E-state index >= 15 is 0 Å². The van der Waals surface area contributed by atoms with Crippen molar-refractivity contribution in [2.75, 3.05) is 26.4 Å². The van der Waals surface area contributed by atoms with E-state index in [0.29, 0.717) is 18.2 Å². The molecule has 0 spiro atoms. The van der Waals surface area contributed by atoms with E-state index in [2.05, 4.69) is 5.32 Å². The molecular weight excluding hydrogens is 282 g/mol. The molecule has 0 saturated carbocycles. The minimum atomic E-state index is -4.65. The fraction of sp³-hybridized carbons (Fsp3) is 0.417. The minimum absolute atomic E-state index is 0.00544. The Bertz CT molecular complexity index is 463. The van der Waals surface area contributed by atoms with Gasteiger partial charge < -0.3 is 15.2 Å². The van der Waals surface area contributed by atoms with Crippen LogP contribution in [0.15, 0.2) is 18.2 Å². The third kappa shape index (κ3) is 4.78. The number of ether oxygens (including phenoxy) is 1. The first-order valence-corrected chi connectivity index (χ1v) is 5.70. The largest absolute Gasteiger partial charge is 0.416 e. The van der Waals surface area contributed by atoms with Gasteiger partial charge in [-0.15, -0.1) is 0 Å². The monoisotopic (exact) mass is 295 g/mol. The molecule has 20 heavy (non-hydrogen) atoms. The van der Waals surface area contributed by atoms with Crippen molar-refractivity contribution in [3.63, 3.8) is 0 Å². The SMILES string of the molecule is O=C(NCCOCCO)c1cc(C(F)(F)F)ccc1F. The van der Waals surface area contributed by atoms with Crippen LogP contribution in [-0.4, -0.2) is 37.4 Å². The highest BCUT2D eigenvalue weighted by Crippen LogP contribution is 2.30. The molecular formula is C12H13F4NO3. The maximum absolute atomic E-state index is 13.3. The molecule has 4 nitrogen and oxygen atoms in total. The molecule has 1 rings (SSSR count). The van der Waals surface area contributed by atoms with Crippen LogP contribution in [0.2, 0.25) is 0 Å². The van der Waals surface area contributed by atoms with E-state index in [0.717, 1.165) is 0 Å². The lowest BCUT2D eigenvalue weighted by Crippen LogP contribution is -2.28. The van der Waals surface area contributed by atoms with Crippen molar-refractivity contribution in [3.05, 3.63) is 35.1 Å². The van der Waals surface area contributed by atoms with E-state index < -0.39 is 29.0 Å². The Morgan fingerprint density at radius 3 is 2.60 bits per heavy atom. The summed E-state index contributed by atoms with van der Waals surface area (Å²) in [5.41, 5.74) is -1.78. The smallest absolute Gasteiger partial charge is 0.394 e. The van der Waals surface area contributed by atoms with E-state index in [-0.39, 0.29) is 26.4 Å². The standard InChI is InChI=1S/C12H13F4NO3/c13-10-2-1-8(12(14,15)16)7-9(10)11(19)17-3-5-20-6-4-18/h1-2,7,18H,3-6H2,(H,17,19). The van der Waals surface area contributed by atoms with Crippen molar-refractivity contribution in [1.29, 1.82) is 0 Å². The van der Waals surface area contributed by atoms with Crippen LogP contribution in [0.25, 0.3) is 0 Å². The van der Waals surface area contributed by atoms with Gasteiger partial charge in [0.1, 0.15) is 5.82 Å². The summed E-state index contributed by atoms with van der Waals surface area (Å²) in [6.45, 7) is -0.0502. The third-order valence-electron chi connectivity index (χ3n) is 2.31. The molecule has 0 bridgehead atoms. The van der Waals surface area contributed by atoms with Crippen molar-refractivity contribution >= 4 is 5.91 Å². The van der Waals surface area contributed by atoms with Gasteiger partial charge in [0.05, 0.1) is 30.9 Å². The van der Waals surface area contributed by atoms with Crippen LogP contribution in [0.4, 0.5) is 17.6 Å². The first kappa shape index (κ1) is 16.4. The minimum Gasteiger partial charge on any atom is -0.394 e. The Morgan fingerprint density at radius 1 is 1.30 bits per heavy atom. The molecule has 1 amide bonds. The first-order valence-electron chi connectivity index (χ1n) is 5.70. The van der Waals surface area contributed by atoms with Crippen molar-refractivity contribution in [2.45, 2.75) is 6.18 Å². The van der Waals surface area contributed by atoms with Gasteiger partial charge in [-0.25, -0.2) is 4.39 Å². The molecule has 0 fully saturated rings. The van der Waals surface area contributed by atoms with Gasteiger partial charge in [0, 0.05) is 6.54 Å². The average Bonchev–Trinajstić information content (AvgIpc) is 2.37. The molecule has 0 saturated heterocycles. The molecule has 0 unspecified atom stereocenters. The van der Waals surface area contributed by atoms with E-state index in [1.807, 2.05) is 0 Å². The van der Waals surface area contributed by atoms with Crippen molar-refractivity contribution in [3.8, 4) is 0 Å². The second-order valence-electron chi connectivity index (χ2n) is 3.78. The van der Waals surface area contributed by atoms with Crippen LogP contribution in [-0.2, 0) is 10.9 Å². The zero-order valence-electron chi connectivity index (χ0n) is 10.3. The van der Waals surface area contributed by atoms with Gasteiger partial charge in [-0.05, 0) is 18.2 Å². The second kappa shape index (κ2) is 7.20. The molecule has 1 aromatic rings. The maximum Gasteiger partial charge on any atom is 0.416 e. The number of amides is 1. The summed E-state index contributed by atoms with van der Waals surface area (Å²) in [6.07, 6.45) is -4.65. The summed E-state index contributed by atoms with van der Waals surface area (Å²) in [7, 11) is 0. The molecule has 0 aliphatic heterocycles. The van der Waals surface area contributed by atoms with E-state index in [1.165, 1.54) is 0 Å². The molecule has 2 N–H and O–H groups in total. The van der Waals surface area contributed by atoms with Gasteiger partial charge >= 0.3 is 6.18 Å². The van der Waals surface area contributed by atoms with Gasteiger partial charge in [-0.1, -0.05) is 0 Å². The Hall–Kier alpha value is -1.67. The van der Waals surface area contributed by atoms with Crippen LogP contribution in [0, 0.1) is 5.82 Å². The quantitative estimate of drug-likeness (QED) is 0.619. The summed E-state index contributed by atoms with van der Waals surface area (Å²) in [5.74, 6) is -1.99. The van der Waals surface area contributed by atoms with Gasteiger partial charge in [0.15, 0.2) is 0 Å². The number of carbonyl (C=O) groups is 1. The Morgan fingerprint density at radius 2 is 2.00 bits per heavy atom. The van der Waals surface area contributed by atoms with E-state index in [9.17, 15) is 22.4 Å². The number of nitrogens with one attached hydrogen (secondary N) is 1. The number of halogens is 4. The lowest BCUT2D eigenvalue weighted by atomic mass is 10.1. The molecule has 0 heterocycles. The van der Waals surface area contributed by atoms with Gasteiger partial charge in [0.25, 0.3) is 5.91 Å². The zero-order valence-corrected chi connectivity index (χ0v) is 10.3. The number of rotatable bonds is 6. The number of alkyl halides is 3. The second-order valence-corrected chi connectivity index (χ2v) is 3.78. The molecule has 112 valence electrons. The Kier molecular flexibility index (Phi) is 5.90. The van der Waals surface area contributed by atoms with Crippen LogP contribution in [0.1, 0.15) is 15.9 Å². The van der Waals surface area contributed by atoms with Crippen molar-refractivity contribution in [2.24, 2.45) is 0 Å². The van der Waals surface area contributed by atoms with E-state index in [4.69, 9.17) is 9.84 Å². The number of benzene rings is 1. The zero-order chi connectivity index (χ0) is 15.2. The fourth-order valence-electron chi connectivity index (χ4n) is 1.37. The summed E-state index contributed by atoms with van der Waals surface area (Å²) in [6, 6.07) is 1.62. The highest BCUT2D eigenvalue weighted by atomic mass is 19.4.